The fourth-order valence-electron chi connectivity index (χ4n) is 4.61. The summed E-state index contributed by atoms with van der Waals surface area (Å²) in [5, 5.41) is 5.19. The maximum Gasteiger partial charge on any atom is 0.256 e. The van der Waals surface area contributed by atoms with E-state index >= 15 is 0 Å². The van der Waals surface area contributed by atoms with Gasteiger partial charge in [-0.1, -0.05) is 42.5 Å². The van der Waals surface area contributed by atoms with E-state index in [0.717, 1.165) is 31.4 Å². The normalized spacial score (nSPS) is 22.5. The van der Waals surface area contributed by atoms with Crippen molar-refractivity contribution in [2.75, 3.05) is 20.2 Å². The van der Waals surface area contributed by atoms with Gasteiger partial charge in [0.25, 0.3) is 5.91 Å². The lowest BCUT2D eigenvalue weighted by atomic mass is 9.74. The van der Waals surface area contributed by atoms with Gasteiger partial charge in [-0.05, 0) is 62.9 Å². The van der Waals surface area contributed by atoms with Gasteiger partial charge in [0.1, 0.15) is 5.75 Å². The van der Waals surface area contributed by atoms with Crippen molar-refractivity contribution in [3.8, 4) is 5.75 Å². The van der Waals surface area contributed by atoms with Gasteiger partial charge in [-0.2, -0.15) is 0 Å². The number of benzene rings is 2. The van der Waals surface area contributed by atoms with Crippen LogP contribution >= 0.6 is 0 Å². The summed E-state index contributed by atoms with van der Waals surface area (Å²) in [6.45, 7) is 1.49. The standard InChI is InChI=1S/C24H31N3O4S/c1-31-21-11-6-5-10-20(21)22(28)26-23(32(29,30)27-19-12-13-19)24(14-7-16-25-17-15-24)18-8-3-2-4-9-18/h2-6,8-11,19,23,25,27H,7,12-17H2,1H3,(H,26,28). The molecule has 8 heteroatoms. The van der Waals surface area contributed by atoms with E-state index in [0.29, 0.717) is 30.7 Å². The minimum absolute atomic E-state index is 0.0533. The quantitative estimate of drug-likeness (QED) is 0.566. The van der Waals surface area contributed by atoms with Crippen molar-refractivity contribution in [1.82, 2.24) is 15.4 Å². The number of carbonyl (C=O) groups excluding carboxylic acids is 1. The number of hydrogen-bond donors (Lipinski definition) is 3. The molecule has 1 saturated heterocycles. The predicted molar refractivity (Wildman–Crippen MR) is 124 cm³/mol. The van der Waals surface area contributed by atoms with Gasteiger partial charge in [0, 0.05) is 11.5 Å². The Morgan fingerprint density at radius 3 is 2.50 bits per heavy atom. The first-order valence-electron chi connectivity index (χ1n) is 11.2. The molecule has 0 aromatic heterocycles. The van der Waals surface area contributed by atoms with E-state index < -0.39 is 26.7 Å². The van der Waals surface area contributed by atoms with E-state index in [9.17, 15) is 13.2 Å². The predicted octanol–water partition coefficient (Wildman–Crippen LogP) is 2.54. The number of nitrogens with one attached hydrogen (secondary N) is 3. The van der Waals surface area contributed by atoms with Gasteiger partial charge in [-0.15, -0.1) is 0 Å². The van der Waals surface area contributed by atoms with Crippen LogP contribution in [0.1, 0.15) is 48.0 Å². The monoisotopic (exact) mass is 457 g/mol. The molecule has 3 N–H and O–H groups in total. The molecule has 0 radical (unpaired) electrons. The minimum Gasteiger partial charge on any atom is -0.496 e. The van der Waals surface area contributed by atoms with Crippen molar-refractivity contribution in [2.24, 2.45) is 0 Å². The van der Waals surface area contributed by atoms with E-state index in [2.05, 4.69) is 15.4 Å². The van der Waals surface area contributed by atoms with Gasteiger partial charge in [0.05, 0.1) is 12.7 Å². The number of amides is 1. The molecule has 2 unspecified atom stereocenters. The number of ether oxygens (including phenoxy) is 1. The summed E-state index contributed by atoms with van der Waals surface area (Å²) in [6.07, 6.45) is 3.71. The number of hydrogen-bond acceptors (Lipinski definition) is 5. The SMILES string of the molecule is COc1ccccc1C(=O)NC(C1(c2ccccc2)CCCNCC1)S(=O)(=O)NC1CC1. The third-order valence-electron chi connectivity index (χ3n) is 6.41. The minimum atomic E-state index is -3.85. The Labute approximate surface area is 190 Å². The second-order valence-electron chi connectivity index (χ2n) is 8.62. The summed E-state index contributed by atoms with van der Waals surface area (Å²) in [5.74, 6) is -0.0475. The summed E-state index contributed by atoms with van der Waals surface area (Å²) < 4.78 is 35.6. The molecule has 4 rings (SSSR count). The molecule has 0 spiro atoms. The van der Waals surface area contributed by atoms with Crippen molar-refractivity contribution in [2.45, 2.75) is 48.9 Å². The topological polar surface area (TPSA) is 96.5 Å². The van der Waals surface area contributed by atoms with Crippen LogP contribution in [0.15, 0.2) is 54.6 Å². The van der Waals surface area contributed by atoms with Gasteiger partial charge in [0.15, 0.2) is 5.37 Å². The van der Waals surface area contributed by atoms with E-state index in [1.165, 1.54) is 7.11 Å². The molecule has 0 bridgehead atoms. The number of carbonyl (C=O) groups is 1. The van der Waals surface area contributed by atoms with Crippen LogP contribution in [0.5, 0.6) is 5.75 Å². The maximum absolute atomic E-state index is 13.7. The van der Waals surface area contributed by atoms with Crippen LogP contribution in [0.3, 0.4) is 0 Å². The van der Waals surface area contributed by atoms with Crippen molar-refractivity contribution >= 4 is 15.9 Å². The molecule has 2 aromatic carbocycles. The van der Waals surface area contributed by atoms with Crippen molar-refractivity contribution < 1.29 is 17.9 Å². The number of sulfonamides is 1. The molecular formula is C24H31N3O4S. The summed E-state index contributed by atoms with van der Waals surface area (Å²) in [7, 11) is -2.36. The van der Waals surface area contributed by atoms with Gasteiger partial charge in [-0.3, -0.25) is 4.79 Å². The fourth-order valence-corrected chi connectivity index (χ4v) is 6.67. The zero-order valence-corrected chi connectivity index (χ0v) is 19.2. The average molecular weight is 458 g/mol. The highest BCUT2D eigenvalue weighted by Crippen LogP contribution is 2.40. The zero-order chi connectivity index (χ0) is 22.6. The first kappa shape index (κ1) is 22.8. The van der Waals surface area contributed by atoms with Crippen LogP contribution in [0.25, 0.3) is 0 Å². The summed E-state index contributed by atoms with van der Waals surface area (Å²) in [6, 6.07) is 16.5. The van der Waals surface area contributed by atoms with Gasteiger partial charge >= 0.3 is 0 Å². The molecule has 7 nitrogen and oxygen atoms in total. The highest BCUT2D eigenvalue weighted by molar-refractivity contribution is 7.90. The third kappa shape index (κ3) is 4.82. The largest absolute Gasteiger partial charge is 0.496 e. The van der Waals surface area contributed by atoms with Crippen LogP contribution in [0, 0.1) is 0 Å². The lowest BCUT2D eigenvalue weighted by molar-refractivity contribution is 0.0926. The molecule has 1 aliphatic carbocycles. The van der Waals surface area contributed by atoms with Crippen molar-refractivity contribution in [3.63, 3.8) is 0 Å². The third-order valence-corrected chi connectivity index (χ3v) is 8.26. The summed E-state index contributed by atoms with van der Waals surface area (Å²) in [5.41, 5.74) is 0.482. The molecule has 172 valence electrons. The van der Waals surface area contributed by atoms with E-state index in [1.807, 2.05) is 30.3 Å². The first-order valence-corrected chi connectivity index (χ1v) is 12.7. The summed E-state index contributed by atoms with van der Waals surface area (Å²) in [4.78, 5) is 13.4. The molecule has 1 heterocycles. The van der Waals surface area contributed by atoms with Crippen LogP contribution in [-0.2, 0) is 15.4 Å². The van der Waals surface area contributed by atoms with Crippen LogP contribution in [0.4, 0.5) is 0 Å². The molecule has 32 heavy (non-hydrogen) atoms. The molecule has 1 saturated carbocycles. The smallest absolute Gasteiger partial charge is 0.256 e. The Balaban J connectivity index is 1.79. The van der Waals surface area contributed by atoms with Crippen LogP contribution in [-0.4, -0.2) is 45.9 Å². The fraction of sp³-hybridized carbons (Fsp3) is 0.458. The second kappa shape index (κ2) is 9.60. The lowest BCUT2D eigenvalue weighted by Crippen LogP contribution is -2.58. The lowest BCUT2D eigenvalue weighted by Gasteiger charge is -2.40. The Hall–Kier alpha value is -2.42. The van der Waals surface area contributed by atoms with Crippen molar-refractivity contribution in [3.05, 3.63) is 65.7 Å². The summed E-state index contributed by atoms with van der Waals surface area (Å²) >= 11 is 0. The Bertz CT molecular complexity index is 1030. The van der Waals surface area contributed by atoms with E-state index in [1.54, 1.807) is 24.3 Å². The molecule has 2 fully saturated rings. The number of rotatable bonds is 8. The highest BCUT2D eigenvalue weighted by Gasteiger charge is 2.49. The molecule has 1 amide bonds. The number of para-hydroxylation sites is 1. The zero-order valence-electron chi connectivity index (χ0n) is 18.3. The highest BCUT2D eigenvalue weighted by atomic mass is 32.2. The first-order chi connectivity index (χ1) is 15.5. The van der Waals surface area contributed by atoms with Gasteiger partial charge < -0.3 is 15.4 Å². The molecule has 2 aromatic rings. The molecule has 2 aliphatic rings. The van der Waals surface area contributed by atoms with Crippen LogP contribution < -0.4 is 20.1 Å². The molecular weight excluding hydrogens is 426 g/mol. The Morgan fingerprint density at radius 1 is 1.06 bits per heavy atom. The van der Waals surface area contributed by atoms with Gasteiger partial charge in [-0.25, -0.2) is 13.1 Å². The van der Waals surface area contributed by atoms with Gasteiger partial charge in [0.2, 0.25) is 10.0 Å². The van der Waals surface area contributed by atoms with Crippen LogP contribution in [0.2, 0.25) is 0 Å². The molecule has 1 aliphatic heterocycles. The van der Waals surface area contributed by atoms with E-state index in [4.69, 9.17) is 4.74 Å². The maximum atomic E-state index is 13.7. The Kier molecular flexibility index (Phi) is 6.83. The Morgan fingerprint density at radius 2 is 1.78 bits per heavy atom. The van der Waals surface area contributed by atoms with E-state index in [-0.39, 0.29) is 6.04 Å². The molecule has 2 atom stereocenters. The second-order valence-corrected chi connectivity index (χ2v) is 10.4. The van der Waals surface area contributed by atoms with Crippen molar-refractivity contribution in [1.29, 1.82) is 0 Å². The average Bonchev–Trinajstić information content (AvgIpc) is 3.64. The number of methoxy groups -OCH3 is 1.